The van der Waals surface area contributed by atoms with Crippen molar-refractivity contribution in [3.05, 3.63) is 64.1 Å². The van der Waals surface area contributed by atoms with Crippen LogP contribution in [0.25, 0.3) is 0 Å². The van der Waals surface area contributed by atoms with Crippen LogP contribution in [0.4, 0.5) is 0 Å². The summed E-state index contributed by atoms with van der Waals surface area (Å²) in [6.07, 6.45) is 1.17. The molecule has 0 saturated carbocycles. The highest BCUT2D eigenvalue weighted by molar-refractivity contribution is 9.10. The molecule has 110 valence electrons. The Hall–Kier alpha value is -1.32. The summed E-state index contributed by atoms with van der Waals surface area (Å²) in [7, 11) is 1.71. The molecule has 21 heavy (non-hydrogen) atoms. The quantitative estimate of drug-likeness (QED) is 0.894. The van der Waals surface area contributed by atoms with E-state index in [4.69, 9.17) is 4.74 Å². The minimum Gasteiger partial charge on any atom is -0.497 e. The van der Waals surface area contributed by atoms with Crippen LogP contribution >= 0.6 is 15.9 Å². The van der Waals surface area contributed by atoms with E-state index in [0.717, 1.165) is 23.3 Å². The maximum absolute atomic E-state index is 5.26. The van der Waals surface area contributed by atoms with Crippen molar-refractivity contribution in [3.8, 4) is 5.75 Å². The molecule has 0 bridgehead atoms. The zero-order chi connectivity index (χ0) is 14.7. The van der Waals surface area contributed by atoms with Crippen molar-refractivity contribution < 1.29 is 4.74 Å². The number of piperidine rings is 1. The summed E-state index contributed by atoms with van der Waals surface area (Å²) in [5.41, 5.74) is 2.82. The molecule has 2 atom stereocenters. The van der Waals surface area contributed by atoms with Gasteiger partial charge in [0.2, 0.25) is 0 Å². The van der Waals surface area contributed by atoms with Crippen molar-refractivity contribution >= 4 is 15.9 Å². The van der Waals surface area contributed by atoms with E-state index in [1.54, 1.807) is 7.11 Å². The molecule has 2 aromatic carbocycles. The van der Waals surface area contributed by atoms with Gasteiger partial charge in [-0.15, -0.1) is 0 Å². The van der Waals surface area contributed by atoms with Crippen LogP contribution in [0.5, 0.6) is 5.75 Å². The summed E-state index contributed by atoms with van der Waals surface area (Å²) in [6.45, 7) is 2.13. The van der Waals surface area contributed by atoms with E-state index in [-0.39, 0.29) is 0 Å². The fourth-order valence-electron chi connectivity index (χ4n) is 3.17. The average Bonchev–Trinajstić information content (AvgIpc) is 2.56. The third-order valence-electron chi connectivity index (χ3n) is 4.32. The van der Waals surface area contributed by atoms with Crippen molar-refractivity contribution in [3.63, 3.8) is 0 Å². The van der Waals surface area contributed by atoms with Crippen LogP contribution in [0.1, 0.15) is 29.4 Å². The third-order valence-corrected chi connectivity index (χ3v) is 4.85. The Morgan fingerprint density at radius 3 is 2.24 bits per heavy atom. The van der Waals surface area contributed by atoms with Crippen LogP contribution in [0.3, 0.4) is 0 Å². The van der Waals surface area contributed by atoms with Gasteiger partial charge in [-0.1, -0.05) is 40.2 Å². The van der Waals surface area contributed by atoms with E-state index in [2.05, 4.69) is 69.8 Å². The molecule has 0 aromatic heterocycles. The normalized spacial score (nSPS) is 22.0. The van der Waals surface area contributed by atoms with Gasteiger partial charge in [-0.25, -0.2) is 0 Å². The monoisotopic (exact) mass is 345 g/mol. The average molecular weight is 346 g/mol. The maximum atomic E-state index is 5.26. The number of rotatable bonds is 3. The van der Waals surface area contributed by atoms with Crippen molar-refractivity contribution in [2.45, 2.75) is 18.3 Å². The number of halogens is 1. The molecule has 1 saturated heterocycles. The molecule has 1 aliphatic rings. The molecule has 0 spiro atoms. The minimum atomic E-state index is 0.528. The van der Waals surface area contributed by atoms with Gasteiger partial charge < -0.3 is 10.1 Å². The summed E-state index contributed by atoms with van der Waals surface area (Å²) < 4.78 is 6.40. The van der Waals surface area contributed by atoms with Gasteiger partial charge in [0.05, 0.1) is 7.11 Å². The van der Waals surface area contributed by atoms with E-state index in [9.17, 15) is 0 Å². The largest absolute Gasteiger partial charge is 0.497 e. The molecule has 2 unspecified atom stereocenters. The van der Waals surface area contributed by atoms with Crippen LogP contribution in [-0.4, -0.2) is 20.2 Å². The summed E-state index contributed by atoms with van der Waals surface area (Å²) >= 11 is 3.52. The van der Waals surface area contributed by atoms with Crippen molar-refractivity contribution in [2.24, 2.45) is 0 Å². The van der Waals surface area contributed by atoms with Gasteiger partial charge >= 0.3 is 0 Å². The lowest BCUT2D eigenvalue weighted by Crippen LogP contribution is -2.34. The standard InChI is InChI=1S/C18H20BrNO/c1-21-16-8-4-13(5-9-16)17-10-11-20-12-18(17)14-2-6-15(19)7-3-14/h2-9,17-18,20H,10-12H2,1H3. The SMILES string of the molecule is COc1ccc(C2CCNCC2c2ccc(Br)cc2)cc1. The lowest BCUT2D eigenvalue weighted by Gasteiger charge is -2.33. The molecule has 2 aromatic rings. The van der Waals surface area contributed by atoms with Crippen molar-refractivity contribution in [1.82, 2.24) is 5.32 Å². The Morgan fingerprint density at radius 2 is 1.57 bits per heavy atom. The van der Waals surface area contributed by atoms with Gasteiger partial charge in [0.1, 0.15) is 5.75 Å². The molecule has 0 radical (unpaired) electrons. The minimum absolute atomic E-state index is 0.528. The molecular formula is C18H20BrNO. The Balaban J connectivity index is 1.88. The second-order valence-electron chi connectivity index (χ2n) is 5.53. The van der Waals surface area contributed by atoms with Gasteiger partial charge in [-0.05, 0) is 54.3 Å². The smallest absolute Gasteiger partial charge is 0.118 e. The molecule has 1 aliphatic heterocycles. The first-order valence-corrected chi connectivity index (χ1v) is 8.17. The lowest BCUT2D eigenvalue weighted by molar-refractivity contribution is 0.401. The van der Waals surface area contributed by atoms with E-state index in [1.807, 2.05) is 0 Å². The Labute approximate surface area is 134 Å². The Bertz CT molecular complexity index is 579. The molecule has 3 heteroatoms. The molecule has 0 aliphatic carbocycles. The van der Waals surface area contributed by atoms with Gasteiger partial charge in [0.15, 0.2) is 0 Å². The van der Waals surface area contributed by atoms with E-state index < -0.39 is 0 Å². The fourth-order valence-corrected chi connectivity index (χ4v) is 3.43. The maximum Gasteiger partial charge on any atom is 0.118 e. The van der Waals surface area contributed by atoms with Crippen molar-refractivity contribution in [2.75, 3.05) is 20.2 Å². The fraction of sp³-hybridized carbons (Fsp3) is 0.333. The third kappa shape index (κ3) is 3.30. The van der Waals surface area contributed by atoms with Crippen LogP contribution < -0.4 is 10.1 Å². The van der Waals surface area contributed by atoms with Crippen molar-refractivity contribution in [1.29, 1.82) is 0 Å². The molecule has 0 amide bonds. The summed E-state index contributed by atoms with van der Waals surface area (Å²) in [5.74, 6) is 2.02. The molecule has 2 nitrogen and oxygen atoms in total. The lowest BCUT2D eigenvalue weighted by atomic mass is 9.77. The molecule has 1 fully saturated rings. The zero-order valence-corrected chi connectivity index (χ0v) is 13.8. The van der Waals surface area contributed by atoms with E-state index in [1.165, 1.54) is 17.5 Å². The van der Waals surface area contributed by atoms with Gasteiger partial charge in [-0.2, -0.15) is 0 Å². The van der Waals surface area contributed by atoms with E-state index >= 15 is 0 Å². The summed E-state index contributed by atoms with van der Waals surface area (Å²) in [5, 5.41) is 3.53. The number of ether oxygens (including phenoxy) is 1. The second kappa shape index (κ2) is 6.63. The number of methoxy groups -OCH3 is 1. The van der Waals surface area contributed by atoms with Crippen LogP contribution in [0, 0.1) is 0 Å². The first-order chi connectivity index (χ1) is 10.3. The molecule has 3 rings (SSSR count). The molecular weight excluding hydrogens is 326 g/mol. The first-order valence-electron chi connectivity index (χ1n) is 7.38. The zero-order valence-electron chi connectivity index (χ0n) is 12.2. The number of hydrogen-bond donors (Lipinski definition) is 1. The summed E-state index contributed by atoms with van der Waals surface area (Å²) in [6, 6.07) is 17.3. The van der Waals surface area contributed by atoms with Crippen LogP contribution in [0.15, 0.2) is 53.0 Å². The van der Waals surface area contributed by atoms with Crippen LogP contribution in [-0.2, 0) is 0 Å². The number of nitrogens with one attached hydrogen (secondary N) is 1. The highest BCUT2D eigenvalue weighted by Gasteiger charge is 2.27. The number of benzene rings is 2. The second-order valence-corrected chi connectivity index (χ2v) is 6.45. The highest BCUT2D eigenvalue weighted by Crippen LogP contribution is 2.38. The summed E-state index contributed by atoms with van der Waals surface area (Å²) in [4.78, 5) is 0. The Kier molecular flexibility index (Phi) is 4.61. The molecule has 1 heterocycles. The van der Waals surface area contributed by atoms with E-state index in [0.29, 0.717) is 11.8 Å². The predicted molar refractivity (Wildman–Crippen MR) is 90.1 cm³/mol. The Morgan fingerprint density at radius 1 is 0.952 bits per heavy atom. The first kappa shape index (κ1) is 14.6. The predicted octanol–water partition coefficient (Wildman–Crippen LogP) is 4.32. The topological polar surface area (TPSA) is 21.3 Å². The van der Waals surface area contributed by atoms with Gasteiger partial charge in [-0.3, -0.25) is 0 Å². The number of hydrogen-bond acceptors (Lipinski definition) is 2. The van der Waals surface area contributed by atoms with Gasteiger partial charge in [0.25, 0.3) is 0 Å². The highest BCUT2D eigenvalue weighted by atomic mass is 79.9. The molecule has 1 N–H and O–H groups in total. The van der Waals surface area contributed by atoms with Crippen LogP contribution in [0.2, 0.25) is 0 Å². The van der Waals surface area contributed by atoms with Gasteiger partial charge in [0, 0.05) is 16.9 Å².